The zero-order chi connectivity index (χ0) is 98.4. The molecule has 15 aromatic carbocycles. The van der Waals surface area contributed by atoms with Gasteiger partial charge in [0.25, 0.3) is 0 Å². The Bertz CT molecular complexity index is 7300. The standard InChI is InChI=1S/C35H40O.C35H40S.C35H40Se.C25H26Se/c3*1-15-14-28-31(21(7)16(15)2)33-24(10)19(5)20(6)25(11)34(33)36-35-27(13)30-23(9)18(4)17(3)22(8)29(30)26(12)32(28)35;1-13-12-21-20-10-8-9-11-22(20)26-25-19(7)16(4)15(3)18(6)24(25)23(21)17(5)14(13)2/h3*14H,1-13H3;8-12H,1-7H3. The van der Waals surface area contributed by atoms with E-state index >= 15 is 0 Å². The van der Waals surface area contributed by atoms with Crippen molar-refractivity contribution in [3.63, 3.8) is 0 Å². The first kappa shape index (κ1) is 97.4. The molecule has 0 radical (unpaired) electrons. The first-order valence-corrected chi connectivity index (χ1v) is 53.3. The van der Waals surface area contributed by atoms with E-state index in [1.807, 2.05) is 11.8 Å². The summed E-state index contributed by atoms with van der Waals surface area (Å²) >= 11 is 2.58. The van der Waals surface area contributed by atoms with Gasteiger partial charge in [-0.15, -0.1) is 0 Å². The van der Waals surface area contributed by atoms with Crippen molar-refractivity contribution in [3.05, 3.63) is 304 Å². The van der Waals surface area contributed by atoms with Crippen molar-refractivity contribution in [1.29, 1.82) is 0 Å². The van der Waals surface area contributed by atoms with Crippen LogP contribution in [-0.2, 0) is 0 Å². The summed E-state index contributed by atoms with van der Waals surface area (Å²) in [5.41, 5.74) is 87.8. The normalized spacial score (nSPS) is 12.4. The molecule has 0 fully saturated rings. The Kier molecular flexibility index (Phi) is 25.3. The molecular formula is C130H146OSSe2. The fourth-order valence-electron chi connectivity index (χ4n) is 24.3. The average Bonchev–Trinajstić information content (AvgIpc) is 1.53. The predicted molar refractivity (Wildman–Crippen MR) is 594 cm³/mol. The van der Waals surface area contributed by atoms with E-state index < -0.39 is 0 Å². The third kappa shape index (κ3) is 14.1. The third-order valence-corrected chi connectivity index (χ3v) is 43.2. The zero-order valence-corrected chi connectivity index (χ0v) is 94.5. The van der Waals surface area contributed by atoms with Crippen LogP contribution < -0.4 is 22.6 Å². The van der Waals surface area contributed by atoms with Gasteiger partial charge in [0.1, 0.15) is 11.5 Å². The van der Waals surface area contributed by atoms with E-state index in [4.69, 9.17) is 4.74 Å². The molecule has 4 aliphatic heterocycles. The van der Waals surface area contributed by atoms with Gasteiger partial charge >= 0.3 is 389 Å². The van der Waals surface area contributed by atoms with Gasteiger partial charge in [-0.2, -0.15) is 0 Å². The molecule has 19 rings (SSSR count). The van der Waals surface area contributed by atoms with E-state index in [-0.39, 0.29) is 15.0 Å². The van der Waals surface area contributed by atoms with Crippen LogP contribution in [0.2, 0.25) is 0 Å². The van der Waals surface area contributed by atoms with Crippen LogP contribution >= 0.6 is 11.8 Å². The number of hydrogen-bond acceptors (Lipinski definition) is 2. The van der Waals surface area contributed by atoms with E-state index in [0.717, 1.165) is 11.5 Å². The third-order valence-electron chi connectivity index (χ3n) is 36.1. The minimum absolute atomic E-state index is 0.230. The molecule has 15 aromatic rings. The Hall–Kier alpha value is -9.73. The molecule has 0 saturated carbocycles. The van der Waals surface area contributed by atoms with Crippen molar-refractivity contribution in [2.45, 2.75) is 328 Å². The van der Waals surface area contributed by atoms with Crippen LogP contribution in [0.5, 0.6) is 11.5 Å². The van der Waals surface area contributed by atoms with Gasteiger partial charge in [-0.25, -0.2) is 0 Å². The summed E-state index contributed by atoms with van der Waals surface area (Å²) in [5, 5.41) is 8.65. The summed E-state index contributed by atoms with van der Waals surface area (Å²) in [5.74, 6) is 2.06. The Labute approximate surface area is 823 Å². The summed E-state index contributed by atoms with van der Waals surface area (Å²) in [4.78, 5) is 2.89. The molecule has 0 unspecified atom stereocenters. The molecule has 4 heteroatoms. The molecular weight excluding hydrogens is 1770 g/mol. The van der Waals surface area contributed by atoms with Gasteiger partial charge in [0.15, 0.2) is 0 Å². The van der Waals surface area contributed by atoms with Gasteiger partial charge in [0, 0.05) is 32.0 Å². The van der Waals surface area contributed by atoms with E-state index in [1.54, 1.807) is 13.4 Å². The van der Waals surface area contributed by atoms with Gasteiger partial charge in [-0.3, -0.25) is 0 Å². The van der Waals surface area contributed by atoms with Gasteiger partial charge in [-0.1, -0.05) is 23.9 Å². The predicted octanol–water partition coefficient (Wildman–Crippen LogP) is 34.2. The van der Waals surface area contributed by atoms with Crippen molar-refractivity contribution >= 4 is 91.8 Å². The first-order valence-electron chi connectivity index (χ1n) is 49.0. The van der Waals surface area contributed by atoms with Gasteiger partial charge in [0.05, 0.1) is 0 Å². The summed E-state index contributed by atoms with van der Waals surface area (Å²) in [6, 6.07) is 18.9. The van der Waals surface area contributed by atoms with Crippen LogP contribution in [-0.4, -0.2) is 29.9 Å². The maximum atomic E-state index is 7.15. The number of fused-ring (bicyclic) bond motifs is 23. The molecule has 0 saturated heterocycles. The van der Waals surface area contributed by atoms with E-state index in [2.05, 4.69) is 367 Å². The topological polar surface area (TPSA) is 9.23 Å². The van der Waals surface area contributed by atoms with Crippen molar-refractivity contribution in [1.82, 2.24) is 0 Å². The fraction of sp³-hybridized carbons (Fsp3) is 0.354. The van der Waals surface area contributed by atoms with Gasteiger partial charge in [0.2, 0.25) is 0 Å². The second-order valence-corrected chi connectivity index (χ2v) is 47.2. The summed E-state index contributed by atoms with van der Waals surface area (Å²) in [7, 11) is 0. The number of rotatable bonds is 0. The van der Waals surface area contributed by atoms with E-state index in [0.29, 0.717) is 15.0 Å². The SMILES string of the molecule is Cc1cc2c(c(C)c1C)-c1c(C)c(C)c(C)c(C)c1Oc1c-2c(C)c2c(C)c(C)c(C)c(C)c2c1C.Cc1cc2c(c(C)c1C)-c1c(C)c(C)c(C)c(C)c1Sc1c-2c(C)c2c(C)c(C)c(C)c(C)c2c1C.Cc1cc2c(c(C)c1C)-c1c(C)c(C)c(C)c(C)c1[Se]c1c-2c(C)c2c(C)c(C)c(C)c(C)c2c1C.Cc1cc2c(c(C)c1C)-c1c(C)c(C)c(C)c(C)c1[Se]c1ccccc1-2. The van der Waals surface area contributed by atoms with Gasteiger partial charge < -0.3 is 4.74 Å². The Morgan fingerprint density at radius 2 is 0.425 bits per heavy atom. The fourth-order valence-corrected chi connectivity index (χ4v) is 31.7. The molecule has 0 amide bonds. The summed E-state index contributed by atoms with van der Waals surface area (Å²) in [6.45, 7) is 106. The summed E-state index contributed by atoms with van der Waals surface area (Å²) in [6.07, 6.45) is 0. The number of hydrogen-bond donors (Lipinski definition) is 0. The molecule has 0 aliphatic carbocycles. The molecule has 690 valence electrons. The number of aryl methyl sites for hydroxylation is 16. The molecule has 134 heavy (non-hydrogen) atoms. The average molecular weight is 1910 g/mol. The molecule has 1 nitrogen and oxygen atoms in total. The van der Waals surface area contributed by atoms with Crippen LogP contribution in [0.4, 0.5) is 0 Å². The zero-order valence-electron chi connectivity index (χ0n) is 90.3. The van der Waals surface area contributed by atoms with Crippen molar-refractivity contribution in [3.8, 4) is 101 Å². The Balaban J connectivity index is 0.000000131. The Morgan fingerprint density at radius 1 is 0.164 bits per heavy atom. The van der Waals surface area contributed by atoms with Gasteiger partial charge in [-0.05, 0) is 368 Å². The molecule has 4 heterocycles. The minimum atomic E-state index is 0.230. The maximum absolute atomic E-state index is 7.15. The van der Waals surface area contributed by atoms with Crippen molar-refractivity contribution < 1.29 is 4.74 Å². The van der Waals surface area contributed by atoms with Crippen LogP contribution in [0.3, 0.4) is 0 Å². The van der Waals surface area contributed by atoms with E-state index in [1.165, 1.54) is 392 Å². The number of ether oxygens (including phenoxy) is 1. The van der Waals surface area contributed by atoms with Crippen molar-refractivity contribution in [2.75, 3.05) is 0 Å². The summed E-state index contributed by atoms with van der Waals surface area (Å²) < 4.78 is 13.4. The molecule has 4 aliphatic rings. The monoisotopic (exact) mass is 1910 g/mol. The number of benzene rings is 15. The van der Waals surface area contributed by atoms with Crippen LogP contribution in [0.15, 0.2) is 58.3 Å². The second kappa shape index (κ2) is 34.8. The molecule has 0 aromatic heterocycles. The quantitative estimate of drug-likeness (QED) is 0.140. The second-order valence-electron chi connectivity index (χ2n) is 41.8. The molecule has 0 atom stereocenters. The molecule has 0 N–H and O–H groups in total. The molecule has 0 spiro atoms. The van der Waals surface area contributed by atoms with Crippen molar-refractivity contribution in [2.24, 2.45) is 0 Å². The van der Waals surface area contributed by atoms with Crippen LogP contribution in [0.1, 0.15) is 256 Å². The first-order chi connectivity index (χ1) is 62.7. The van der Waals surface area contributed by atoms with E-state index in [9.17, 15) is 0 Å². The van der Waals surface area contributed by atoms with Crippen LogP contribution in [0.25, 0.3) is 121 Å². The van der Waals surface area contributed by atoms with Crippen LogP contribution in [0, 0.1) is 318 Å². The molecule has 0 bridgehead atoms. The Morgan fingerprint density at radius 3 is 0.858 bits per heavy atom.